The van der Waals surface area contributed by atoms with Crippen LogP contribution in [0, 0.1) is 5.41 Å². The van der Waals surface area contributed by atoms with E-state index >= 15 is 0 Å². The fourth-order valence-corrected chi connectivity index (χ4v) is 2.72. The maximum Gasteiger partial charge on any atom is 0.338 e. The van der Waals surface area contributed by atoms with Crippen molar-refractivity contribution in [2.24, 2.45) is 5.41 Å². The molecule has 0 spiro atoms. The van der Waals surface area contributed by atoms with Crippen molar-refractivity contribution >= 4 is 35.1 Å². The number of carbonyl (C=O) groups is 3. The van der Waals surface area contributed by atoms with Gasteiger partial charge in [-0.25, -0.2) is 4.79 Å². The van der Waals surface area contributed by atoms with Gasteiger partial charge in [0.15, 0.2) is 5.11 Å². The van der Waals surface area contributed by atoms with Crippen LogP contribution in [0.15, 0.2) is 0 Å². The van der Waals surface area contributed by atoms with Crippen molar-refractivity contribution in [2.75, 3.05) is 13.3 Å². The van der Waals surface area contributed by atoms with E-state index in [1.54, 1.807) is 13.8 Å². The fraction of sp³-hybridized carbons (Fsp3) is 0.714. The molecule has 23 heavy (non-hydrogen) atoms. The van der Waals surface area contributed by atoms with Crippen molar-refractivity contribution in [1.29, 1.82) is 0 Å². The number of hydrogen-bond acceptors (Lipinski definition) is 6. The molecule has 9 heteroatoms. The van der Waals surface area contributed by atoms with Gasteiger partial charge in [-0.1, -0.05) is 0 Å². The van der Waals surface area contributed by atoms with Gasteiger partial charge < -0.3 is 15.5 Å². The van der Waals surface area contributed by atoms with Crippen LogP contribution in [0.2, 0.25) is 0 Å². The maximum atomic E-state index is 12.3. The van der Waals surface area contributed by atoms with Gasteiger partial charge in [0.25, 0.3) is 11.8 Å². The van der Waals surface area contributed by atoms with Crippen molar-refractivity contribution in [1.82, 2.24) is 20.6 Å². The number of hydroxylamine groups is 2. The number of rotatable bonds is 5. The molecular weight excluding hydrogens is 320 g/mol. The summed E-state index contributed by atoms with van der Waals surface area (Å²) < 4.78 is 0. The molecule has 128 valence electrons. The quantitative estimate of drug-likeness (QED) is 0.537. The minimum Gasteiger partial charge on any atom is -0.350 e. The van der Waals surface area contributed by atoms with E-state index < -0.39 is 23.2 Å². The molecule has 2 amide bonds. The summed E-state index contributed by atoms with van der Waals surface area (Å²) in [5, 5.41) is 7.27. The zero-order chi connectivity index (χ0) is 17.2. The average molecular weight is 342 g/mol. The molecule has 2 aliphatic heterocycles. The van der Waals surface area contributed by atoms with Gasteiger partial charge in [0.2, 0.25) is 0 Å². The topological polar surface area (TPSA) is 91.0 Å². The SMILES string of the molecule is CC(CC(C)(C)C(=O)ON1C(=O)CCC1=O)N1CNC(=S)NC1. The fourth-order valence-electron chi connectivity index (χ4n) is 2.59. The van der Waals surface area contributed by atoms with Crippen LogP contribution in [0.5, 0.6) is 0 Å². The number of hydrogen-bond donors (Lipinski definition) is 2. The molecule has 0 aromatic carbocycles. The van der Waals surface area contributed by atoms with Gasteiger partial charge in [-0.2, -0.15) is 0 Å². The second-order valence-corrected chi connectivity index (χ2v) is 6.89. The van der Waals surface area contributed by atoms with Crippen LogP contribution in [0.1, 0.15) is 40.0 Å². The summed E-state index contributed by atoms with van der Waals surface area (Å²) in [6.45, 7) is 6.68. The van der Waals surface area contributed by atoms with Gasteiger partial charge in [0, 0.05) is 18.9 Å². The van der Waals surface area contributed by atoms with Crippen LogP contribution in [-0.2, 0) is 19.2 Å². The third-order valence-corrected chi connectivity index (χ3v) is 4.34. The summed E-state index contributed by atoms with van der Waals surface area (Å²) in [6.07, 6.45) is 0.695. The van der Waals surface area contributed by atoms with Crippen LogP contribution in [0.3, 0.4) is 0 Å². The molecule has 2 rings (SSSR count). The summed E-state index contributed by atoms with van der Waals surface area (Å²) in [5.74, 6) is -1.52. The third kappa shape index (κ3) is 4.17. The summed E-state index contributed by atoms with van der Waals surface area (Å²) in [7, 11) is 0. The lowest BCUT2D eigenvalue weighted by Crippen LogP contribution is -2.57. The van der Waals surface area contributed by atoms with Crippen molar-refractivity contribution < 1.29 is 19.2 Å². The lowest BCUT2D eigenvalue weighted by molar-refractivity contribution is -0.204. The summed E-state index contributed by atoms with van der Waals surface area (Å²) >= 11 is 5.01. The molecule has 0 aromatic rings. The smallest absolute Gasteiger partial charge is 0.338 e. The van der Waals surface area contributed by atoms with Gasteiger partial charge in [0.05, 0.1) is 18.8 Å². The first-order valence-electron chi connectivity index (χ1n) is 7.54. The van der Waals surface area contributed by atoms with Crippen molar-refractivity contribution in [3.8, 4) is 0 Å². The molecule has 2 N–H and O–H groups in total. The number of nitrogens with zero attached hydrogens (tertiary/aromatic N) is 2. The minimum absolute atomic E-state index is 0.0747. The third-order valence-electron chi connectivity index (χ3n) is 4.05. The zero-order valence-corrected chi connectivity index (χ0v) is 14.4. The number of thiocarbonyl (C=S) groups is 1. The van der Waals surface area contributed by atoms with Crippen LogP contribution in [0.4, 0.5) is 0 Å². The maximum absolute atomic E-state index is 12.3. The second kappa shape index (κ2) is 6.79. The Bertz CT molecular complexity index is 511. The van der Waals surface area contributed by atoms with E-state index in [1.165, 1.54) is 0 Å². The Kier molecular flexibility index (Phi) is 5.20. The number of carbonyl (C=O) groups excluding carboxylic acids is 3. The van der Waals surface area contributed by atoms with Gasteiger partial charge in [0.1, 0.15) is 0 Å². The van der Waals surface area contributed by atoms with Gasteiger partial charge in [-0.15, -0.1) is 5.06 Å². The first-order valence-corrected chi connectivity index (χ1v) is 7.95. The van der Waals surface area contributed by atoms with Crippen LogP contribution in [0.25, 0.3) is 0 Å². The summed E-state index contributed by atoms with van der Waals surface area (Å²) in [5.41, 5.74) is -0.833. The Morgan fingerprint density at radius 2 is 1.78 bits per heavy atom. The number of imide groups is 1. The molecule has 1 atom stereocenters. The van der Waals surface area contributed by atoms with Gasteiger partial charge in [-0.05, 0) is 39.4 Å². The number of nitrogens with one attached hydrogen (secondary N) is 2. The van der Waals surface area contributed by atoms with E-state index in [4.69, 9.17) is 17.1 Å². The van der Waals surface area contributed by atoms with E-state index in [0.717, 1.165) is 0 Å². The lowest BCUT2D eigenvalue weighted by Gasteiger charge is -2.37. The Hall–Kier alpha value is -1.74. The van der Waals surface area contributed by atoms with Crippen molar-refractivity contribution in [2.45, 2.75) is 46.1 Å². The summed E-state index contributed by atoms with van der Waals surface area (Å²) in [4.78, 5) is 42.5. The first-order chi connectivity index (χ1) is 10.7. The molecule has 0 bridgehead atoms. The predicted octanol–water partition coefficient (Wildman–Crippen LogP) is 0.0931. The number of amides is 2. The van der Waals surface area contributed by atoms with E-state index in [0.29, 0.717) is 29.9 Å². The minimum atomic E-state index is -0.833. The Balaban J connectivity index is 1.91. The van der Waals surface area contributed by atoms with Crippen molar-refractivity contribution in [3.05, 3.63) is 0 Å². The normalized spacial score (nSPS) is 21.0. The second-order valence-electron chi connectivity index (χ2n) is 6.49. The van der Waals surface area contributed by atoms with Crippen LogP contribution >= 0.6 is 12.2 Å². The van der Waals surface area contributed by atoms with E-state index in [9.17, 15) is 14.4 Å². The van der Waals surface area contributed by atoms with Crippen LogP contribution < -0.4 is 10.6 Å². The van der Waals surface area contributed by atoms with E-state index in [-0.39, 0.29) is 18.9 Å². The zero-order valence-electron chi connectivity index (χ0n) is 13.5. The van der Waals surface area contributed by atoms with Gasteiger partial charge in [-0.3, -0.25) is 14.5 Å². The molecule has 2 saturated heterocycles. The predicted molar refractivity (Wildman–Crippen MR) is 85.5 cm³/mol. The highest BCUT2D eigenvalue weighted by Crippen LogP contribution is 2.28. The molecule has 2 aliphatic rings. The van der Waals surface area contributed by atoms with E-state index in [2.05, 4.69) is 15.5 Å². The molecule has 0 aromatic heterocycles. The highest BCUT2D eigenvalue weighted by molar-refractivity contribution is 7.80. The Labute approximate surface area is 140 Å². The highest BCUT2D eigenvalue weighted by atomic mass is 32.1. The van der Waals surface area contributed by atoms with Gasteiger partial charge >= 0.3 is 5.97 Å². The standard InChI is InChI=1S/C14H22N4O4S/c1-9(17-7-15-13(23)16-8-17)6-14(2,3)12(21)22-18-10(19)4-5-11(18)20/h9H,4-8H2,1-3H3,(H2,15,16,23). The van der Waals surface area contributed by atoms with Crippen LogP contribution in [-0.4, -0.2) is 52.2 Å². The average Bonchev–Trinajstić information content (AvgIpc) is 2.79. The molecule has 0 saturated carbocycles. The van der Waals surface area contributed by atoms with Crippen molar-refractivity contribution in [3.63, 3.8) is 0 Å². The molecular formula is C14H22N4O4S. The molecule has 0 aliphatic carbocycles. The Morgan fingerprint density at radius 1 is 1.26 bits per heavy atom. The Morgan fingerprint density at radius 3 is 2.30 bits per heavy atom. The highest BCUT2D eigenvalue weighted by Gasteiger charge is 2.39. The molecule has 2 heterocycles. The monoisotopic (exact) mass is 342 g/mol. The molecule has 2 fully saturated rings. The largest absolute Gasteiger partial charge is 0.350 e. The van der Waals surface area contributed by atoms with E-state index in [1.807, 2.05) is 6.92 Å². The molecule has 1 unspecified atom stereocenters. The molecule has 8 nitrogen and oxygen atoms in total. The first kappa shape index (κ1) is 17.6. The molecule has 0 radical (unpaired) electrons. The lowest BCUT2D eigenvalue weighted by atomic mass is 9.86. The summed E-state index contributed by atoms with van der Waals surface area (Å²) in [6, 6.07) is 0.0747.